The Morgan fingerprint density at radius 3 is 2.38 bits per heavy atom. The molecule has 1 rings (SSSR count). The molecule has 1 N–H and O–H groups in total. The summed E-state index contributed by atoms with van der Waals surface area (Å²) >= 11 is 0. The third kappa shape index (κ3) is 2.90. The number of hydrogen-bond acceptors (Lipinski definition) is 1. The molecule has 0 aromatic heterocycles. The van der Waals surface area contributed by atoms with Gasteiger partial charge in [-0.25, -0.2) is 0 Å². The highest BCUT2D eigenvalue weighted by molar-refractivity contribution is 5.85. The largest absolute Gasteiger partial charge is 0.508 e. The molecule has 74 valence electrons. The van der Waals surface area contributed by atoms with Gasteiger partial charge in [0.1, 0.15) is 11.4 Å². The van der Waals surface area contributed by atoms with Gasteiger partial charge in [-0.05, 0) is 19.1 Å². The fourth-order valence-electron chi connectivity index (χ4n) is 1.05. The van der Waals surface area contributed by atoms with E-state index < -0.39 is 0 Å². The smallest absolute Gasteiger partial charge is 0.136 e. The first-order valence-electron chi connectivity index (χ1n) is 4.19. The Morgan fingerprint density at radius 1 is 1.31 bits per heavy atom. The first kappa shape index (κ1) is 12.3. The number of nitrogens with zero attached hydrogens (tertiary/aromatic N) is 1. The minimum absolute atomic E-state index is 0. The van der Waals surface area contributed by atoms with Crippen molar-refractivity contribution in [2.45, 2.75) is 6.92 Å². The van der Waals surface area contributed by atoms with E-state index in [0.717, 1.165) is 16.7 Å². The van der Waals surface area contributed by atoms with E-state index in [0.29, 0.717) is 5.75 Å². The van der Waals surface area contributed by atoms with Crippen LogP contribution >= 0.6 is 12.4 Å². The molecule has 3 heteroatoms. The number of halogens is 1. The number of quaternary nitrogens is 1. The molecule has 0 fully saturated rings. The zero-order valence-electron chi connectivity index (χ0n) is 8.32. The Morgan fingerprint density at radius 2 is 1.92 bits per heavy atom. The number of phenolic OH excluding ortho intramolecular Hbond substituents is 1. The summed E-state index contributed by atoms with van der Waals surface area (Å²) in [7, 11) is 4.24. The fourth-order valence-corrected chi connectivity index (χ4v) is 1.05. The predicted octanol–water partition coefficient (Wildman–Crippen LogP) is 2.40. The summed E-state index contributed by atoms with van der Waals surface area (Å²) in [5.41, 5.74) is 1.14. The molecule has 0 atom stereocenters. The SMILES string of the molecule is CC[N+](C)(C)c1cccc(O)c1.Cl. The summed E-state index contributed by atoms with van der Waals surface area (Å²) in [6.45, 7) is 3.15. The van der Waals surface area contributed by atoms with Gasteiger partial charge in [-0.3, -0.25) is 4.48 Å². The molecule has 0 saturated heterocycles. The van der Waals surface area contributed by atoms with Crippen LogP contribution < -0.4 is 4.48 Å². The Kier molecular flexibility index (Phi) is 4.24. The Balaban J connectivity index is 0.00000144. The molecule has 0 heterocycles. The van der Waals surface area contributed by atoms with Crippen molar-refractivity contribution in [3.05, 3.63) is 24.3 Å². The van der Waals surface area contributed by atoms with Crippen molar-refractivity contribution in [2.75, 3.05) is 20.6 Å². The van der Waals surface area contributed by atoms with Gasteiger partial charge in [-0.1, -0.05) is 6.07 Å². The second-order valence-corrected chi connectivity index (χ2v) is 3.52. The van der Waals surface area contributed by atoms with Crippen LogP contribution in [0.15, 0.2) is 24.3 Å². The van der Waals surface area contributed by atoms with E-state index in [4.69, 9.17) is 0 Å². The molecule has 1 aromatic rings. The molecule has 0 radical (unpaired) electrons. The van der Waals surface area contributed by atoms with E-state index in [1.807, 2.05) is 18.2 Å². The molecule has 2 nitrogen and oxygen atoms in total. The van der Waals surface area contributed by atoms with Crippen LogP contribution in [0.1, 0.15) is 6.92 Å². The van der Waals surface area contributed by atoms with Gasteiger partial charge in [0.2, 0.25) is 0 Å². The van der Waals surface area contributed by atoms with Gasteiger partial charge >= 0.3 is 0 Å². The van der Waals surface area contributed by atoms with E-state index in [-0.39, 0.29) is 12.4 Å². The lowest BCUT2D eigenvalue weighted by molar-refractivity contribution is 0.415. The molecular formula is C10H17ClNO+. The average Bonchev–Trinajstić information content (AvgIpc) is 2.05. The van der Waals surface area contributed by atoms with Gasteiger partial charge < -0.3 is 5.11 Å². The van der Waals surface area contributed by atoms with Gasteiger partial charge in [0.25, 0.3) is 0 Å². The van der Waals surface area contributed by atoms with E-state index >= 15 is 0 Å². The quantitative estimate of drug-likeness (QED) is 0.731. The topological polar surface area (TPSA) is 20.2 Å². The van der Waals surface area contributed by atoms with Crippen molar-refractivity contribution < 1.29 is 5.11 Å². The molecule has 0 unspecified atom stereocenters. The molecule has 1 aromatic carbocycles. The van der Waals surface area contributed by atoms with Crippen LogP contribution in [-0.2, 0) is 0 Å². The second-order valence-electron chi connectivity index (χ2n) is 3.52. The molecule has 0 aliphatic heterocycles. The van der Waals surface area contributed by atoms with E-state index in [1.54, 1.807) is 6.07 Å². The summed E-state index contributed by atoms with van der Waals surface area (Å²) in [5.74, 6) is 0.340. The van der Waals surface area contributed by atoms with E-state index in [9.17, 15) is 5.11 Å². The first-order chi connectivity index (χ1) is 5.56. The summed E-state index contributed by atoms with van der Waals surface area (Å²) in [6, 6.07) is 7.41. The Bertz CT molecular complexity index is 273. The van der Waals surface area contributed by atoms with Crippen molar-refractivity contribution in [3.63, 3.8) is 0 Å². The first-order valence-corrected chi connectivity index (χ1v) is 4.19. The van der Waals surface area contributed by atoms with Crippen LogP contribution in [0.4, 0.5) is 5.69 Å². The lowest BCUT2D eigenvalue weighted by atomic mass is 10.2. The van der Waals surface area contributed by atoms with Gasteiger partial charge in [-0.15, -0.1) is 12.4 Å². The van der Waals surface area contributed by atoms with Crippen molar-refractivity contribution in [1.29, 1.82) is 0 Å². The van der Waals surface area contributed by atoms with Crippen molar-refractivity contribution >= 4 is 18.1 Å². The van der Waals surface area contributed by atoms with Gasteiger partial charge in [0, 0.05) is 6.07 Å². The molecule has 0 saturated carbocycles. The summed E-state index contributed by atoms with van der Waals surface area (Å²) in [4.78, 5) is 0. The Labute approximate surface area is 85.8 Å². The zero-order chi connectivity index (χ0) is 9.19. The molecule has 0 aliphatic rings. The number of rotatable bonds is 2. The molecule has 0 amide bonds. The maximum Gasteiger partial charge on any atom is 0.136 e. The summed E-state index contributed by atoms with van der Waals surface area (Å²) in [5, 5.41) is 9.26. The summed E-state index contributed by atoms with van der Waals surface area (Å²) < 4.78 is 0.800. The highest BCUT2D eigenvalue weighted by Gasteiger charge is 2.15. The zero-order valence-corrected chi connectivity index (χ0v) is 9.14. The molecule has 13 heavy (non-hydrogen) atoms. The third-order valence-corrected chi connectivity index (χ3v) is 2.32. The van der Waals surface area contributed by atoms with Crippen molar-refractivity contribution in [1.82, 2.24) is 4.48 Å². The van der Waals surface area contributed by atoms with Crippen molar-refractivity contribution in [2.24, 2.45) is 0 Å². The predicted molar refractivity (Wildman–Crippen MR) is 59.5 cm³/mol. The van der Waals surface area contributed by atoms with Crippen LogP contribution in [0.25, 0.3) is 0 Å². The average molecular weight is 203 g/mol. The lowest BCUT2D eigenvalue weighted by Gasteiger charge is -2.27. The highest BCUT2D eigenvalue weighted by atomic mass is 35.5. The highest BCUT2D eigenvalue weighted by Crippen LogP contribution is 2.22. The standard InChI is InChI=1S/C10H15NO.ClH/c1-4-11(2,3)9-6-5-7-10(12)8-9;/h5-8H,4H2,1-3H3;1H/p+1. The monoisotopic (exact) mass is 202 g/mol. The van der Waals surface area contributed by atoms with Gasteiger partial charge in [0.15, 0.2) is 0 Å². The van der Waals surface area contributed by atoms with Crippen LogP contribution in [0.3, 0.4) is 0 Å². The maximum absolute atomic E-state index is 9.26. The number of hydrogen-bond donors (Lipinski definition) is 1. The van der Waals surface area contributed by atoms with E-state index in [2.05, 4.69) is 21.0 Å². The lowest BCUT2D eigenvalue weighted by Crippen LogP contribution is -2.39. The van der Waals surface area contributed by atoms with Gasteiger partial charge in [-0.2, -0.15) is 0 Å². The summed E-state index contributed by atoms with van der Waals surface area (Å²) in [6.07, 6.45) is 0. The second kappa shape index (κ2) is 4.49. The van der Waals surface area contributed by atoms with Crippen LogP contribution in [0.2, 0.25) is 0 Å². The molecular weight excluding hydrogens is 186 g/mol. The number of phenols is 1. The van der Waals surface area contributed by atoms with E-state index in [1.165, 1.54) is 0 Å². The van der Waals surface area contributed by atoms with Gasteiger partial charge in [0.05, 0.1) is 20.6 Å². The molecule has 0 spiro atoms. The minimum Gasteiger partial charge on any atom is -0.508 e. The van der Waals surface area contributed by atoms with Crippen LogP contribution in [0, 0.1) is 0 Å². The van der Waals surface area contributed by atoms with Crippen LogP contribution in [-0.4, -0.2) is 25.7 Å². The number of aromatic hydroxyl groups is 1. The molecule has 0 bridgehead atoms. The normalized spacial score (nSPS) is 10.7. The minimum atomic E-state index is 0. The maximum atomic E-state index is 9.26. The Hall–Kier alpha value is -0.730. The third-order valence-electron chi connectivity index (χ3n) is 2.32. The molecule has 0 aliphatic carbocycles. The fraction of sp³-hybridized carbons (Fsp3) is 0.400. The van der Waals surface area contributed by atoms with Crippen molar-refractivity contribution in [3.8, 4) is 5.75 Å². The van der Waals surface area contributed by atoms with Crippen LogP contribution in [0.5, 0.6) is 5.75 Å². The number of benzene rings is 1.